The first-order valence-corrected chi connectivity index (χ1v) is 11.0. The average molecular weight is 469 g/mol. The Morgan fingerprint density at radius 1 is 1.09 bits per heavy atom. The first-order valence-electron chi connectivity index (χ1n) is 11.0. The van der Waals surface area contributed by atoms with E-state index in [9.17, 15) is 0 Å². The average Bonchev–Trinajstić information content (AvgIpc) is 2.90. The molecule has 4 aromatic rings. The number of methoxy groups -OCH3 is 1. The maximum atomic E-state index is 15.1. The lowest BCUT2D eigenvalue weighted by atomic mass is 9.69. The van der Waals surface area contributed by atoms with Gasteiger partial charge in [-0.3, -0.25) is 4.98 Å². The summed E-state index contributed by atoms with van der Waals surface area (Å²) in [5.74, 6) is -0.0224. The maximum Gasteiger partial charge on any atom is 0.283 e. The monoisotopic (exact) mass is 469 g/mol. The summed E-state index contributed by atoms with van der Waals surface area (Å²) in [5.41, 5.74) is 8.05. The number of para-hydroxylation sites is 1. The zero-order valence-corrected chi connectivity index (χ0v) is 18.7. The van der Waals surface area contributed by atoms with Gasteiger partial charge in [0.2, 0.25) is 5.95 Å². The van der Waals surface area contributed by atoms with Gasteiger partial charge in [-0.15, -0.1) is 0 Å². The molecule has 35 heavy (non-hydrogen) atoms. The maximum absolute atomic E-state index is 15.1. The largest absolute Gasteiger partial charge is 0.478 e. The lowest BCUT2D eigenvalue weighted by molar-refractivity contribution is 0.183. The number of halogens is 1. The highest BCUT2D eigenvalue weighted by molar-refractivity contribution is 5.77. The summed E-state index contributed by atoms with van der Waals surface area (Å²) in [6.07, 6.45) is 4.80. The SMILES string of the molecule is COc1nc(-c2cccnc2)cc2c1Oc1ccccc1C21N=C(N)OCC1c1cccnc1F. The minimum Gasteiger partial charge on any atom is -0.478 e. The predicted octanol–water partition coefficient (Wildman–Crippen LogP) is 4.16. The number of aliphatic imine (C=N–C) groups is 1. The third-order valence-corrected chi connectivity index (χ3v) is 6.36. The van der Waals surface area contributed by atoms with Crippen LogP contribution in [0.15, 0.2) is 78.2 Å². The van der Waals surface area contributed by atoms with Crippen LogP contribution in [0.1, 0.15) is 22.6 Å². The molecule has 8 nitrogen and oxygen atoms in total. The van der Waals surface area contributed by atoms with E-state index >= 15 is 4.39 Å². The molecule has 2 aliphatic heterocycles. The van der Waals surface area contributed by atoms with E-state index < -0.39 is 17.4 Å². The number of hydrogen-bond acceptors (Lipinski definition) is 8. The molecule has 0 radical (unpaired) electrons. The van der Waals surface area contributed by atoms with Crippen LogP contribution in [0.2, 0.25) is 0 Å². The smallest absolute Gasteiger partial charge is 0.283 e. The van der Waals surface area contributed by atoms with Crippen LogP contribution < -0.4 is 15.2 Å². The Kier molecular flexibility index (Phi) is 4.84. The van der Waals surface area contributed by atoms with Crippen molar-refractivity contribution < 1.29 is 18.6 Å². The fraction of sp³-hybridized carbons (Fsp3) is 0.154. The van der Waals surface area contributed by atoms with Crippen molar-refractivity contribution in [1.29, 1.82) is 0 Å². The molecule has 0 fully saturated rings. The summed E-state index contributed by atoms with van der Waals surface area (Å²) >= 11 is 0. The van der Waals surface area contributed by atoms with E-state index in [1.165, 1.54) is 13.3 Å². The molecule has 2 unspecified atom stereocenters. The van der Waals surface area contributed by atoms with Crippen LogP contribution in [-0.4, -0.2) is 34.7 Å². The number of ether oxygens (including phenoxy) is 3. The predicted molar refractivity (Wildman–Crippen MR) is 126 cm³/mol. The van der Waals surface area contributed by atoms with Gasteiger partial charge in [0.25, 0.3) is 11.9 Å². The number of pyridine rings is 3. The van der Waals surface area contributed by atoms with Gasteiger partial charge in [0.05, 0.1) is 18.7 Å². The summed E-state index contributed by atoms with van der Waals surface area (Å²) in [6.45, 7) is 0.0819. The van der Waals surface area contributed by atoms with Crippen molar-refractivity contribution in [2.45, 2.75) is 11.5 Å². The van der Waals surface area contributed by atoms with Gasteiger partial charge in [-0.25, -0.2) is 15.0 Å². The molecule has 0 bridgehead atoms. The van der Waals surface area contributed by atoms with Gasteiger partial charge in [0.15, 0.2) is 5.75 Å². The first kappa shape index (κ1) is 21.0. The Bertz CT molecular complexity index is 1460. The molecular formula is C26H20FN5O3. The third-order valence-electron chi connectivity index (χ3n) is 6.36. The Hall–Kier alpha value is -4.53. The summed E-state index contributed by atoms with van der Waals surface area (Å²) < 4.78 is 32.8. The number of benzene rings is 1. The molecule has 1 aromatic carbocycles. The number of aromatic nitrogens is 3. The van der Waals surface area contributed by atoms with Gasteiger partial charge in [-0.05, 0) is 30.3 Å². The Morgan fingerprint density at radius 3 is 2.74 bits per heavy atom. The van der Waals surface area contributed by atoms with Crippen molar-refractivity contribution in [2.24, 2.45) is 10.7 Å². The van der Waals surface area contributed by atoms with Crippen LogP contribution in [0.25, 0.3) is 11.3 Å². The summed E-state index contributed by atoms with van der Waals surface area (Å²) in [4.78, 5) is 17.6. The minimum absolute atomic E-state index is 0.00749. The molecule has 0 aliphatic carbocycles. The second-order valence-electron chi connectivity index (χ2n) is 8.20. The number of rotatable bonds is 3. The second-order valence-corrected chi connectivity index (χ2v) is 8.20. The van der Waals surface area contributed by atoms with Gasteiger partial charge in [0.1, 0.15) is 17.9 Å². The van der Waals surface area contributed by atoms with E-state index in [4.69, 9.17) is 24.9 Å². The summed E-state index contributed by atoms with van der Waals surface area (Å²) in [7, 11) is 1.52. The van der Waals surface area contributed by atoms with Crippen LogP contribution in [0.3, 0.4) is 0 Å². The van der Waals surface area contributed by atoms with Crippen molar-refractivity contribution in [2.75, 3.05) is 13.7 Å². The van der Waals surface area contributed by atoms with Crippen molar-refractivity contribution >= 4 is 6.02 Å². The fourth-order valence-corrected chi connectivity index (χ4v) is 4.86. The molecule has 2 aliphatic rings. The normalized spacial score (nSPS) is 20.2. The lowest BCUT2D eigenvalue weighted by Gasteiger charge is -2.44. The van der Waals surface area contributed by atoms with E-state index in [1.807, 2.05) is 42.5 Å². The van der Waals surface area contributed by atoms with Gasteiger partial charge >= 0.3 is 0 Å². The van der Waals surface area contributed by atoms with Crippen molar-refractivity contribution in [3.63, 3.8) is 0 Å². The van der Waals surface area contributed by atoms with Gasteiger partial charge < -0.3 is 19.9 Å². The number of fused-ring (bicyclic) bond motifs is 4. The van der Waals surface area contributed by atoms with Crippen molar-refractivity contribution in [1.82, 2.24) is 15.0 Å². The molecule has 1 spiro atoms. The third kappa shape index (κ3) is 3.19. The van der Waals surface area contributed by atoms with E-state index in [0.29, 0.717) is 28.3 Å². The van der Waals surface area contributed by atoms with Crippen molar-refractivity contribution in [3.05, 3.63) is 95.8 Å². The molecular weight excluding hydrogens is 449 g/mol. The lowest BCUT2D eigenvalue weighted by Crippen LogP contribution is -2.45. The minimum atomic E-state index is -1.19. The number of nitrogens with zero attached hydrogens (tertiary/aromatic N) is 4. The van der Waals surface area contributed by atoms with Crippen LogP contribution in [-0.2, 0) is 10.3 Å². The Balaban J connectivity index is 1.72. The highest BCUT2D eigenvalue weighted by Crippen LogP contribution is 2.59. The fourth-order valence-electron chi connectivity index (χ4n) is 4.86. The van der Waals surface area contributed by atoms with Crippen LogP contribution in [0.4, 0.5) is 4.39 Å². The molecule has 2 atom stereocenters. The van der Waals surface area contributed by atoms with E-state index in [2.05, 4.69) is 15.0 Å². The number of hydrogen-bond donors (Lipinski definition) is 1. The molecule has 174 valence electrons. The molecule has 2 N–H and O–H groups in total. The Labute approximate surface area is 200 Å². The molecule has 0 saturated carbocycles. The van der Waals surface area contributed by atoms with Gasteiger partial charge in [-0.2, -0.15) is 4.39 Å². The zero-order valence-electron chi connectivity index (χ0n) is 18.7. The van der Waals surface area contributed by atoms with E-state index in [1.54, 1.807) is 24.5 Å². The highest BCUT2D eigenvalue weighted by Gasteiger charge is 2.53. The molecule has 5 heterocycles. The second kappa shape index (κ2) is 8.05. The summed E-state index contributed by atoms with van der Waals surface area (Å²) in [5, 5.41) is 0. The Morgan fingerprint density at radius 2 is 1.94 bits per heavy atom. The quantitative estimate of drug-likeness (QED) is 0.449. The van der Waals surface area contributed by atoms with E-state index in [0.717, 1.165) is 11.1 Å². The molecule has 0 amide bonds. The molecule has 0 saturated heterocycles. The van der Waals surface area contributed by atoms with Crippen LogP contribution in [0, 0.1) is 5.95 Å². The number of amidine groups is 1. The number of nitrogens with two attached hydrogens (primary N) is 1. The van der Waals surface area contributed by atoms with Crippen molar-refractivity contribution in [3.8, 4) is 28.6 Å². The van der Waals surface area contributed by atoms with Gasteiger partial charge in [0, 0.05) is 40.8 Å². The zero-order chi connectivity index (χ0) is 24.0. The topological polar surface area (TPSA) is 105 Å². The van der Waals surface area contributed by atoms with Crippen LogP contribution in [0.5, 0.6) is 17.4 Å². The summed E-state index contributed by atoms with van der Waals surface area (Å²) in [6, 6.07) is 16.4. The van der Waals surface area contributed by atoms with Crippen LogP contribution >= 0.6 is 0 Å². The molecule has 9 heteroatoms. The first-order chi connectivity index (χ1) is 17.1. The standard InChI is InChI=1S/C26H20FN5O3/c1-33-24-22-18(12-20(31-24)15-6-4-10-29-13-15)26(17-8-2-3-9-21(17)35-22)19(14-34-25(28)32-26)16-7-5-11-30-23(16)27/h2-13,19H,14H2,1H3,(H2,28,32). The van der Waals surface area contributed by atoms with Gasteiger partial charge in [-0.1, -0.05) is 24.3 Å². The van der Waals surface area contributed by atoms with E-state index in [-0.39, 0.29) is 18.5 Å². The highest BCUT2D eigenvalue weighted by atomic mass is 19.1. The molecule has 3 aromatic heterocycles. The molecule has 6 rings (SSSR count).